The molecule has 6 heteroatoms. The number of imidazole rings is 1. The predicted molar refractivity (Wildman–Crippen MR) is 73.0 cm³/mol. The SMILES string of the molecule is CC(Cl)c1nc2cccnc2n1Cc1cscn1. The van der Waals surface area contributed by atoms with Crippen molar-refractivity contribution in [3.63, 3.8) is 0 Å². The lowest BCUT2D eigenvalue weighted by Gasteiger charge is -2.07. The highest BCUT2D eigenvalue weighted by molar-refractivity contribution is 7.07. The van der Waals surface area contributed by atoms with Crippen LogP contribution in [0.25, 0.3) is 11.2 Å². The van der Waals surface area contributed by atoms with Crippen LogP contribution in [0.5, 0.6) is 0 Å². The normalized spacial score (nSPS) is 13.0. The quantitative estimate of drug-likeness (QED) is 0.691. The molecule has 0 spiro atoms. The van der Waals surface area contributed by atoms with Crippen LogP contribution in [0.3, 0.4) is 0 Å². The molecule has 0 N–H and O–H groups in total. The van der Waals surface area contributed by atoms with Crippen molar-refractivity contribution in [2.24, 2.45) is 0 Å². The number of nitrogens with zero attached hydrogens (tertiary/aromatic N) is 4. The lowest BCUT2D eigenvalue weighted by molar-refractivity contribution is 0.725. The first-order chi connectivity index (χ1) is 8.75. The molecule has 0 fully saturated rings. The number of hydrogen-bond acceptors (Lipinski definition) is 4. The molecule has 0 aromatic carbocycles. The first-order valence-corrected chi connectivity index (χ1v) is 6.96. The second-order valence-corrected chi connectivity index (χ2v) is 5.37. The highest BCUT2D eigenvalue weighted by Gasteiger charge is 2.16. The second-order valence-electron chi connectivity index (χ2n) is 4.00. The van der Waals surface area contributed by atoms with Gasteiger partial charge in [0.25, 0.3) is 0 Å². The summed E-state index contributed by atoms with van der Waals surface area (Å²) in [6, 6.07) is 3.83. The fourth-order valence-electron chi connectivity index (χ4n) is 1.91. The third-order valence-corrected chi connectivity index (χ3v) is 3.52. The number of hydrogen-bond donors (Lipinski definition) is 0. The zero-order valence-electron chi connectivity index (χ0n) is 9.75. The van der Waals surface area contributed by atoms with Gasteiger partial charge in [0, 0.05) is 11.6 Å². The molecule has 4 nitrogen and oxygen atoms in total. The van der Waals surface area contributed by atoms with Crippen molar-refractivity contribution in [3.8, 4) is 0 Å². The molecule has 3 aromatic heterocycles. The predicted octanol–water partition coefficient (Wildman–Crippen LogP) is 3.24. The lowest BCUT2D eigenvalue weighted by Crippen LogP contribution is -2.06. The summed E-state index contributed by atoms with van der Waals surface area (Å²) in [5, 5.41) is 1.87. The smallest absolute Gasteiger partial charge is 0.160 e. The molecule has 1 unspecified atom stereocenters. The third-order valence-electron chi connectivity index (χ3n) is 2.69. The maximum absolute atomic E-state index is 6.19. The Labute approximate surface area is 113 Å². The molecule has 0 bridgehead atoms. The molecule has 0 radical (unpaired) electrons. The van der Waals surface area contributed by atoms with Gasteiger partial charge >= 0.3 is 0 Å². The Morgan fingerprint density at radius 1 is 1.44 bits per heavy atom. The van der Waals surface area contributed by atoms with Crippen molar-refractivity contribution in [1.82, 2.24) is 19.5 Å². The zero-order chi connectivity index (χ0) is 12.5. The average molecular weight is 279 g/mol. The number of halogens is 1. The molecule has 3 aromatic rings. The molecular formula is C12H11ClN4S. The number of rotatable bonds is 3. The van der Waals surface area contributed by atoms with Crippen molar-refractivity contribution >= 4 is 34.1 Å². The van der Waals surface area contributed by atoms with E-state index in [4.69, 9.17) is 11.6 Å². The summed E-state index contributed by atoms with van der Waals surface area (Å²) in [5.41, 5.74) is 4.55. The van der Waals surface area contributed by atoms with Crippen LogP contribution in [0.2, 0.25) is 0 Å². The molecule has 3 heterocycles. The Bertz CT molecular complexity index is 660. The van der Waals surface area contributed by atoms with Gasteiger partial charge in [-0.15, -0.1) is 22.9 Å². The zero-order valence-corrected chi connectivity index (χ0v) is 11.3. The molecule has 0 amide bonds. The summed E-state index contributed by atoms with van der Waals surface area (Å²) < 4.78 is 2.03. The Morgan fingerprint density at radius 2 is 2.33 bits per heavy atom. The minimum Gasteiger partial charge on any atom is -0.305 e. The lowest BCUT2D eigenvalue weighted by atomic mass is 10.4. The molecule has 0 aliphatic carbocycles. The second kappa shape index (κ2) is 4.66. The third kappa shape index (κ3) is 2.00. The van der Waals surface area contributed by atoms with Crippen LogP contribution < -0.4 is 0 Å². The van der Waals surface area contributed by atoms with Gasteiger partial charge in [0.2, 0.25) is 0 Å². The Kier molecular flexibility index (Phi) is 3.01. The van der Waals surface area contributed by atoms with Gasteiger partial charge in [-0.3, -0.25) is 0 Å². The van der Waals surface area contributed by atoms with Crippen LogP contribution in [-0.2, 0) is 6.54 Å². The Morgan fingerprint density at radius 3 is 3.06 bits per heavy atom. The van der Waals surface area contributed by atoms with Gasteiger partial charge in [0.05, 0.1) is 23.1 Å². The number of alkyl halides is 1. The molecule has 92 valence electrons. The van der Waals surface area contributed by atoms with Crippen molar-refractivity contribution in [3.05, 3.63) is 40.7 Å². The topological polar surface area (TPSA) is 43.6 Å². The largest absolute Gasteiger partial charge is 0.305 e. The summed E-state index contributed by atoms with van der Waals surface area (Å²) in [6.45, 7) is 2.57. The minimum atomic E-state index is -0.155. The summed E-state index contributed by atoms with van der Waals surface area (Å²) in [5.74, 6) is 0.832. The van der Waals surface area contributed by atoms with E-state index < -0.39 is 0 Å². The van der Waals surface area contributed by atoms with Crippen molar-refractivity contribution < 1.29 is 0 Å². The van der Waals surface area contributed by atoms with E-state index in [1.165, 1.54) is 0 Å². The maximum Gasteiger partial charge on any atom is 0.160 e. The van der Waals surface area contributed by atoms with E-state index in [9.17, 15) is 0 Å². The number of thiazole rings is 1. The summed E-state index contributed by atoms with van der Waals surface area (Å²) >= 11 is 7.77. The molecule has 18 heavy (non-hydrogen) atoms. The Hall–Kier alpha value is -1.46. The van der Waals surface area contributed by atoms with Gasteiger partial charge in [-0.25, -0.2) is 15.0 Å². The first kappa shape index (κ1) is 11.6. The van der Waals surface area contributed by atoms with E-state index in [0.717, 1.165) is 22.7 Å². The van der Waals surface area contributed by atoms with E-state index in [-0.39, 0.29) is 5.38 Å². The van der Waals surface area contributed by atoms with E-state index in [1.807, 2.05) is 34.5 Å². The fraction of sp³-hybridized carbons (Fsp3) is 0.250. The number of fused-ring (bicyclic) bond motifs is 1. The number of aromatic nitrogens is 4. The van der Waals surface area contributed by atoms with Crippen LogP contribution >= 0.6 is 22.9 Å². The molecule has 0 saturated heterocycles. The van der Waals surface area contributed by atoms with Gasteiger partial charge in [-0.1, -0.05) is 0 Å². The summed E-state index contributed by atoms with van der Waals surface area (Å²) in [4.78, 5) is 13.2. The fourth-order valence-corrected chi connectivity index (χ4v) is 2.63. The molecule has 0 aliphatic rings. The molecular weight excluding hydrogens is 268 g/mol. The van der Waals surface area contributed by atoms with Crippen LogP contribution in [0, 0.1) is 0 Å². The molecule has 0 saturated carbocycles. The van der Waals surface area contributed by atoms with E-state index in [0.29, 0.717) is 6.54 Å². The van der Waals surface area contributed by atoms with Crippen molar-refractivity contribution in [2.45, 2.75) is 18.8 Å². The highest BCUT2D eigenvalue weighted by Crippen LogP contribution is 2.24. The molecule has 0 aliphatic heterocycles. The van der Waals surface area contributed by atoms with E-state index in [1.54, 1.807) is 17.5 Å². The number of pyridine rings is 1. The van der Waals surface area contributed by atoms with Crippen LogP contribution in [-0.4, -0.2) is 19.5 Å². The van der Waals surface area contributed by atoms with E-state index in [2.05, 4.69) is 15.0 Å². The minimum absolute atomic E-state index is 0.155. The average Bonchev–Trinajstić information content (AvgIpc) is 2.98. The summed E-state index contributed by atoms with van der Waals surface area (Å²) in [6.07, 6.45) is 1.77. The molecule has 3 rings (SSSR count). The van der Waals surface area contributed by atoms with Gasteiger partial charge in [0.1, 0.15) is 11.3 Å². The first-order valence-electron chi connectivity index (χ1n) is 5.58. The van der Waals surface area contributed by atoms with Gasteiger partial charge in [-0.2, -0.15) is 0 Å². The van der Waals surface area contributed by atoms with E-state index >= 15 is 0 Å². The highest BCUT2D eigenvalue weighted by atomic mass is 35.5. The molecule has 1 atom stereocenters. The van der Waals surface area contributed by atoms with Crippen LogP contribution in [0.1, 0.15) is 23.8 Å². The van der Waals surface area contributed by atoms with Gasteiger partial charge in [0.15, 0.2) is 5.65 Å². The van der Waals surface area contributed by atoms with Crippen molar-refractivity contribution in [1.29, 1.82) is 0 Å². The monoisotopic (exact) mass is 278 g/mol. The van der Waals surface area contributed by atoms with Gasteiger partial charge < -0.3 is 4.57 Å². The Balaban J connectivity index is 2.15. The van der Waals surface area contributed by atoms with Crippen molar-refractivity contribution in [2.75, 3.05) is 0 Å². The standard InChI is InChI=1S/C12H11ClN4S/c1-8(13)11-16-10-3-2-4-14-12(10)17(11)5-9-6-18-7-15-9/h2-4,6-8H,5H2,1H3. The van der Waals surface area contributed by atoms with Crippen LogP contribution in [0.15, 0.2) is 29.2 Å². The van der Waals surface area contributed by atoms with Gasteiger partial charge in [-0.05, 0) is 19.1 Å². The maximum atomic E-state index is 6.19. The summed E-state index contributed by atoms with van der Waals surface area (Å²) in [7, 11) is 0. The van der Waals surface area contributed by atoms with Crippen LogP contribution in [0.4, 0.5) is 0 Å².